The van der Waals surface area contributed by atoms with Crippen molar-refractivity contribution in [1.82, 2.24) is 4.98 Å². The van der Waals surface area contributed by atoms with Gasteiger partial charge in [0.25, 0.3) is 5.91 Å². The SMILES string of the molecule is CCN(CC)c1ccc(CN(C(=O)c2cc3ccccc3oc2=O)c2ccccn2)cc1. The summed E-state index contributed by atoms with van der Waals surface area (Å²) in [6.07, 6.45) is 1.63. The van der Waals surface area contributed by atoms with Gasteiger partial charge in [0.15, 0.2) is 0 Å². The number of amides is 1. The first kappa shape index (κ1) is 21.3. The van der Waals surface area contributed by atoms with Crippen molar-refractivity contribution in [2.45, 2.75) is 20.4 Å². The van der Waals surface area contributed by atoms with Crippen molar-refractivity contribution in [1.29, 1.82) is 0 Å². The zero-order valence-corrected chi connectivity index (χ0v) is 18.2. The van der Waals surface area contributed by atoms with Crippen LogP contribution < -0.4 is 15.4 Å². The maximum atomic E-state index is 13.5. The van der Waals surface area contributed by atoms with E-state index < -0.39 is 11.5 Å². The second-order valence-electron chi connectivity index (χ2n) is 7.40. The van der Waals surface area contributed by atoms with Gasteiger partial charge in [-0.05, 0) is 55.8 Å². The van der Waals surface area contributed by atoms with Gasteiger partial charge >= 0.3 is 5.63 Å². The van der Waals surface area contributed by atoms with E-state index in [4.69, 9.17) is 4.42 Å². The molecule has 0 N–H and O–H groups in total. The fraction of sp³-hybridized carbons (Fsp3) is 0.192. The van der Waals surface area contributed by atoms with E-state index in [0.29, 0.717) is 16.8 Å². The quantitative estimate of drug-likeness (QED) is 0.393. The van der Waals surface area contributed by atoms with Gasteiger partial charge in [0.1, 0.15) is 17.0 Å². The lowest BCUT2D eigenvalue weighted by atomic mass is 10.1. The number of hydrogen-bond donors (Lipinski definition) is 0. The summed E-state index contributed by atoms with van der Waals surface area (Å²) in [5.41, 5.74) is 1.83. The Bertz CT molecular complexity index is 1260. The van der Waals surface area contributed by atoms with Crippen LogP contribution in [0.25, 0.3) is 11.0 Å². The molecule has 0 aliphatic carbocycles. The van der Waals surface area contributed by atoms with Crippen LogP contribution in [0.1, 0.15) is 29.8 Å². The van der Waals surface area contributed by atoms with Gasteiger partial charge in [-0.1, -0.05) is 36.4 Å². The molecule has 6 heteroatoms. The van der Waals surface area contributed by atoms with Crippen LogP contribution in [0.4, 0.5) is 11.5 Å². The number of anilines is 2. The summed E-state index contributed by atoms with van der Waals surface area (Å²) in [4.78, 5) is 34.2. The van der Waals surface area contributed by atoms with Crippen molar-refractivity contribution in [3.63, 3.8) is 0 Å². The van der Waals surface area contributed by atoms with Crippen LogP contribution in [0.2, 0.25) is 0 Å². The molecule has 0 aliphatic rings. The molecule has 2 aromatic heterocycles. The van der Waals surface area contributed by atoms with Crippen LogP contribution >= 0.6 is 0 Å². The van der Waals surface area contributed by atoms with E-state index in [1.165, 1.54) is 4.90 Å². The lowest BCUT2D eigenvalue weighted by Gasteiger charge is -2.23. The highest BCUT2D eigenvalue weighted by Gasteiger charge is 2.23. The monoisotopic (exact) mass is 427 g/mol. The number of rotatable bonds is 7. The Kier molecular flexibility index (Phi) is 6.31. The van der Waals surface area contributed by atoms with Crippen molar-refractivity contribution in [2.75, 3.05) is 22.9 Å². The molecule has 0 aliphatic heterocycles. The standard InChI is InChI=1S/C26H25N3O3/c1-3-28(4-2)21-14-12-19(13-15-21)18-29(24-11-7-8-16-27-24)25(30)22-17-20-9-5-6-10-23(20)32-26(22)31/h5-17H,3-4,18H2,1-2H3. The highest BCUT2D eigenvalue weighted by Crippen LogP contribution is 2.21. The first-order chi connectivity index (χ1) is 15.6. The van der Waals surface area contributed by atoms with Crippen LogP contribution in [-0.4, -0.2) is 24.0 Å². The fourth-order valence-corrected chi connectivity index (χ4v) is 3.71. The molecular formula is C26H25N3O3. The Hall–Kier alpha value is -3.93. The van der Waals surface area contributed by atoms with Gasteiger partial charge in [0.05, 0.1) is 6.54 Å². The predicted octanol–water partition coefficient (Wildman–Crippen LogP) is 4.88. The number of pyridine rings is 1. The average Bonchev–Trinajstić information content (AvgIpc) is 2.84. The van der Waals surface area contributed by atoms with Crippen LogP contribution in [0, 0.1) is 0 Å². The van der Waals surface area contributed by atoms with Gasteiger partial charge in [-0.15, -0.1) is 0 Å². The molecule has 0 atom stereocenters. The Labute approximate surface area is 186 Å². The lowest BCUT2D eigenvalue weighted by Crippen LogP contribution is -2.34. The van der Waals surface area contributed by atoms with Gasteiger partial charge in [0.2, 0.25) is 0 Å². The first-order valence-corrected chi connectivity index (χ1v) is 10.7. The van der Waals surface area contributed by atoms with E-state index in [1.807, 2.05) is 42.5 Å². The normalized spacial score (nSPS) is 10.8. The van der Waals surface area contributed by atoms with Crippen molar-refractivity contribution in [3.8, 4) is 0 Å². The fourth-order valence-electron chi connectivity index (χ4n) is 3.71. The zero-order chi connectivity index (χ0) is 22.5. The summed E-state index contributed by atoms with van der Waals surface area (Å²) in [6, 6.07) is 22.2. The highest BCUT2D eigenvalue weighted by atomic mass is 16.4. The number of hydrogen-bond acceptors (Lipinski definition) is 5. The second-order valence-corrected chi connectivity index (χ2v) is 7.40. The summed E-state index contributed by atoms with van der Waals surface area (Å²) in [5.74, 6) is 0.0221. The van der Waals surface area contributed by atoms with E-state index in [0.717, 1.165) is 24.3 Å². The molecule has 32 heavy (non-hydrogen) atoms. The molecule has 0 fully saturated rings. The second kappa shape index (κ2) is 9.47. The summed E-state index contributed by atoms with van der Waals surface area (Å²) >= 11 is 0. The molecule has 0 saturated heterocycles. The van der Waals surface area contributed by atoms with Crippen LogP contribution in [0.15, 0.2) is 88.2 Å². The van der Waals surface area contributed by atoms with Gasteiger partial charge in [-0.3, -0.25) is 9.69 Å². The maximum absolute atomic E-state index is 13.5. The van der Waals surface area contributed by atoms with Crippen molar-refractivity contribution < 1.29 is 9.21 Å². The summed E-state index contributed by atoms with van der Waals surface area (Å²) in [5, 5.41) is 0.694. The molecule has 0 unspecified atom stereocenters. The molecule has 162 valence electrons. The Balaban J connectivity index is 1.70. The van der Waals surface area contributed by atoms with Gasteiger partial charge in [-0.2, -0.15) is 0 Å². The third-order valence-electron chi connectivity index (χ3n) is 5.45. The summed E-state index contributed by atoms with van der Waals surface area (Å²) in [6.45, 7) is 6.36. The Morgan fingerprint density at radius 3 is 2.34 bits per heavy atom. The van der Waals surface area contributed by atoms with Crippen molar-refractivity contribution >= 4 is 28.4 Å². The van der Waals surface area contributed by atoms with E-state index in [9.17, 15) is 9.59 Å². The zero-order valence-electron chi connectivity index (χ0n) is 18.2. The third-order valence-corrected chi connectivity index (χ3v) is 5.45. The van der Waals surface area contributed by atoms with Crippen molar-refractivity contribution in [2.24, 2.45) is 0 Å². The molecule has 0 saturated carbocycles. The number of fused-ring (bicyclic) bond motifs is 1. The third kappa shape index (κ3) is 4.39. The van der Waals surface area contributed by atoms with Crippen molar-refractivity contribution in [3.05, 3.63) is 101 Å². The average molecular weight is 428 g/mol. The topological polar surface area (TPSA) is 66.7 Å². The number of carbonyl (C=O) groups is 1. The van der Waals surface area contributed by atoms with Gasteiger partial charge in [-0.25, -0.2) is 9.78 Å². The largest absolute Gasteiger partial charge is 0.422 e. The highest BCUT2D eigenvalue weighted by molar-refractivity contribution is 6.06. The minimum absolute atomic E-state index is 0.0193. The number of benzene rings is 2. The van der Waals surface area contributed by atoms with E-state index in [-0.39, 0.29) is 12.1 Å². The van der Waals surface area contributed by atoms with Gasteiger partial charge < -0.3 is 9.32 Å². The predicted molar refractivity (Wildman–Crippen MR) is 127 cm³/mol. The minimum atomic E-state index is -0.661. The van der Waals surface area contributed by atoms with E-state index in [2.05, 4.69) is 23.7 Å². The molecule has 2 aromatic carbocycles. The summed E-state index contributed by atoms with van der Waals surface area (Å²) < 4.78 is 5.39. The van der Waals surface area contributed by atoms with Crippen LogP contribution in [0.3, 0.4) is 0 Å². The molecule has 4 rings (SSSR count). The number of aromatic nitrogens is 1. The summed E-state index contributed by atoms with van der Waals surface area (Å²) in [7, 11) is 0. The lowest BCUT2D eigenvalue weighted by molar-refractivity contribution is 0.0981. The molecular weight excluding hydrogens is 402 g/mol. The smallest absolute Gasteiger partial charge is 0.349 e. The molecule has 2 heterocycles. The molecule has 0 bridgehead atoms. The maximum Gasteiger partial charge on any atom is 0.349 e. The molecule has 1 amide bonds. The Morgan fingerprint density at radius 2 is 1.66 bits per heavy atom. The molecule has 4 aromatic rings. The van der Waals surface area contributed by atoms with Crippen LogP contribution in [-0.2, 0) is 6.54 Å². The molecule has 6 nitrogen and oxygen atoms in total. The number of nitrogens with zero attached hydrogens (tertiary/aromatic N) is 3. The van der Waals surface area contributed by atoms with E-state index >= 15 is 0 Å². The molecule has 0 radical (unpaired) electrons. The molecule has 0 spiro atoms. The van der Waals surface area contributed by atoms with Crippen LogP contribution in [0.5, 0.6) is 0 Å². The number of carbonyl (C=O) groups excluding carboxylic acids is 1. The number of para-hydroxylation sites is 1. The first-order valence-electron chi connectivity index (χ1n) is 10.7. The van der Waals surface area contributed by atoms with E-state index in [1.54, 1.807) is 36.5 Å². The van der Waals surface area contributed by atoms with Gasteiger partial charge in [0, 0.05) is 30.4 Å². The minimum Gasteiger partial charge on any atom is -0.422 e. The Morgan fingerprint density at radius 1 is 0.938 bits per heavy atom.